The Balaban J connectivity index is 2.09. The van der Waals surface area contributed by atoms with E-state index in [1.54, 1.807) is 0 Å². The van der Waals surface area contributed by atoms with Crippen LogP contribution in [0.1, 0.15) is 37.8 Å². The Kier molecular flexibility index (Phi) is 6.56. The molecule has 1 amide bonds. The smallest absolute Gasteiger partial charge is 0.223 e. The molecule has 2 rings (SSSR count). The molecule has 0 aliphatic carbocycles. The standard InChI is InChI=1S/C21H28N2O/c1-21(2,19-12-7-4-8-13-19)16-20(24)23(15-9-14-22)17-18-10-5-3-6-11-18/h3-8,10-13H,9,14-17,22H2,1-2H3. The second-order valence-electron chi connectivity index (χ2n) is 6.87. The number of amides is 1. The SMILES string of the molecule is CC(C)(CC(=O)N(CCCN)Cc1ccccc1)c1ccccc1. The lowest BCUT2D eigenvalue weighted by molar-refractivity contribution is -0.133. The van der Waals surface area contributed by atoms with Gasteiger partial charge in [0.25, 0.3) is 0 Å². The van der Waals surface area contributed by atoms with Gasteiger partial charge in [0.15, 0.2) is 0 Å². The van der Waals surface area contributed by atoms with Gasteiger partial charge in [-0.3, -0.25) is 4.79 Å². The van der Waals surface area contributed by atoms with E-state index in [2.05, 4.69) is 38.1 Å². The molecule has 0 aromatic heterocycles. The van der Waals surface area contributed by atoms with Crippen molar-refractivity contribution in [3.8, 4) is 0 Å². The third kappa shape index (κ3) is 5.20. The van der Waals surface area contributed by atoms with E-state index in [9.17, 15) is 4.79 Å². The van der Waals surface area contributed by atoms with Crippen LogP contribution in [0.2, 0.25) is 0 Å². The molecule has 2 aromatic rings. The summed E-state index contributed by atoms with van der Waals surface area (Å²) in [6, 6.07) is 20.4. The molecule has 0 aliphatic rings. The number of hydrogen-bond acceptors (Lipinski definition) is 2. The van der Waals surface area contributed by atoms with E-state index in [1.165, 1.54) is 5.56 Å². The van der Waals surface area contributed by atoms with Crippen LogP contribution in [-0.4, -0.2) is 23.9 Å². The van der Waals surface area contributed by atoms with Crippen molar-refractivity contribution in [1.82, 2.24) is 4.90 Å². The first-order valence-electron chi connectivity index (χ1n) is 8.60. The zero-order valence-corrected chi connectivity index (χ0v) is 14.7. The lowest BCUT2D eigenvalue weighted by atomic mass is 9.81. The first-order chi connectivity index (χ1) is 11.5. The van der Waals surface area contributed by atoms with Gasteiger partial charge in [-0.25, -0.2) is 0 Å². The number of benzene rings is 2. The Labute approximate surface area is 145 Å². The second kappa shape index (κ2) is 8.65. The summed E-state index contributed by atoms with van der Waals surface area (Å²) in [4.78, 5) is 14.9. The van der Waals surface area contributed by atoms with E-state index < -0.39 is 0 Å². The lowest BCUT2D eigenvalue weighted by Gasteiger charge is -2.29. The average Bonchev–Trinajstić information content (AvgIpc) is 2.60. The van der Waals surface area contributed by atoms with Crippen LogP contribution in [0.3, 0.4) is 0 Å². The maximum atomic E-state index is 12.9. The zero-order valence-electron chi connectivity index (χ0n) is 14.7. The Morgan fingerprint density at radius 1 is 1.00 bits per heavy atom. The highest BCUT2D eigenvalue weighted by Crippen LogP contribution is 2.28. The number of carbonyl (C=O) groups excluding carboxylic acids is 1. The molecule has 0 heterocycles. The lowest BCUT2D eigenvalue weighted by Crippen LogP contribution is -2.36. The van der Waals surface area contributed by atoms with Gasteiger partial charge in [0.1, 0.15) is 0 Å². The van der Waals surface area contributed by atoms with Crippen molar-refractivity contribution >= 4 is 5.91 Å². The van der Waals surface area contributed by atoms with Crippen LogP contribution in [0.5, 0.6) is 0 Å². The summed E-state index contributed by atoms with van der Waals surface area (Å²) in [5.74, 6) is 0.182. The molecule has 128 valence electrons. The summed E-state index contributed by atoms with van der Waals surface area (Å²) in [6.45, 7) is 6.20. The largest absolute Gasteiger partial charge is 0.338 e. The summed E-state index contributed by atoms with van der Waals surface area (Å²) in [5.41, 5.74) is 7.81. The minimum Gasteiger partial charge on any atom is -0.338 e. The number of carbonyl (C=O) groups is 1. The first kappa shape index (κ1) is 18.2. The van der Waals surface area contributed by atoms with E-state index in [-0.39, 0.29) is 11.3 Å². The molecule has 24 heavy (non-hydrogen) atoms. The monoisotopic (exact) mass is 324 g/mol. The van der Waals surface area contributed by atoms with Crippen LogP contribution >= 0.6 is 0 Å². The molecule has 0 unspecified atom stereocenters. The maximum absolute atomic E-state index is 12.9. The summed E-state index contributed by atoms with van der Waals surface area (Å²) in [5, 5.41) is 0. The molecule has 0 saturated carbocycles. The van der Waals surface area contributed by atoms with Crippen molar-refractivity contribution in [2.45, 2.75) is 38.6 Å². The van der Waals surface area contributed by atoms with Crippen LogP contribution in [0.4, 0.5) is 0 Å². The van der Waals surface area contributed by atoms with Gasteiger partial charge in [-0.2, -0.15) is 0 Å². The predicted molar refractivity (Wildman–Crippen MR) is 99.6 cm³/mol. The molecule has 0 fully saturated rings. The minimum atomic E-state index is -0.185. The maximum Gasteiger partial charge on any atom is 0.223 e. The Morgan fingerprint density at radius 2 is 1.58 bits per heavy atom. The van der Waals surface area contributed by atoms with Crippen LogP contribution in [-0.2, 0) is 16.8 Å². The third-order valence-corrected chi connectivity index (χ3v) is 4.35. The van der Waals surface area contributed by atoms with Gasteiger partial charge in [0, 0.05) is 19.5 Å². The summed E-state index contributed by atoms with van der Waals surface area (Å²) in [6.07, 6.45) is 1.32. The van der Waals surface area contributed by atoms with E-state index in [4.69, 9.17) is 5.73 Å². The second-order valence-corrected chi connectivity index (χ2v) is 6.87. The van der Waals surface area contributed by atoms with Gasteiger partial charge < -0.3 is 10.6 Å². The molecular weight excluding hydrogens is 296 g/mol. The molecule has 0 aliphatic heterocycles. The number of nitrogens with two attached hydrogens (primary N) is 1. The Bertz CT molecular complexity index is 623. The fraction of sp³-hybridized carbons (Fsp3) is 0.381. The van der Waals surface area contributed by atoms with Crippen LogP contribution in [0, 0.1) is 0 Å². The summed E-state index contributed by atoms with van der Waals surface area (Å²) < 4.78 is 0. The Morgan fingerprint density at radius 3 is 2.17 bits per heavy atom. The third-order valence-electron chi connectivity index (χ3n) is 4.35. The van der Waals surface area contributed by atoms with Gasteiger partial charge in [-0.1, -0.05) is 74.5 Å². The molecule has 0 radical (unpaired) electrons. The van der Waals surface area contributed by atoms with Gasteiger partial charge in [-0.15, -0.1) is 0 Å². The van der Waals surface area contributed by atoms with Gasteiger partial charge in [0.05, 0.1) is 0 Å². The van der Waals surface area contributed by atoms with Gasteiger partial charge in [-0.05, 0) is 29.5 Å². The number of nitrogens with zero attached hydrogens (tertiary/aromatic N) is 1. The average molecular weight is 324 g/mol. The molecule has 0 saturated heterocycles. The van der Waals surface area contributed by atoms with Crippen molar-refractivity contribution in [3.63, 3.8) is 0 Å². The molecular formula is C21H28N2O. The summed E-state index contributed by atoms with van der Waals surface area (Å²) in [7, 11) is 0. The van der Waals surface area contributed by atoms with Gasteiger partial charge in [0.2, 0.25) is 5.91 Å². The molecule has 0 atom stereocenters. The molecule has 0 spiro atoms. The number of hydrogen-bond donors (Lipinski definition) is 1. The highest BCUT2D eigenvalue weighted by atomic mass is 16.2. The van der Waals surface area contributed by atoms with E-state index in [0.717, 1.165) is 12.0 Å². The van der Waals surface area contributed by atoms with Crippen LogP contribution in [0.25, 0.3) is 0 Å². The van der Waals surface area contributed by atoms with Crippen molar-refractivity contribution in [2.24, 2.45) is 5.73 Å². The quantitative estimate of drug-likeness (QED) is 0.804. The topological polar surface area (TPSA) is 46.3 Å². The fourth-order valence-electron chi connectivity index (χ4n) is 2.86. The fourth-order valence-corrected chi connectivity index (χ4v) is 2.86. The van der Waals surface area contributed by atoms with Crippen molar-refractivity contribution in [3.05, 3.63) is 71.8 Å². The zero-order chi connectivity index (χ0) is 17.4. The molecule has 2 N–H and O–H groups in total. The number of rotatable bonds is 8. The molecule has 3 heteroatoms. The van der Waals surface area contributed by atoms with Crippen LogP contribution in [0.15, 0.2) is 60.7 Å². The van der Waals surface area contributed by atoms with E-state index in [0.29, 0.717) is 26.1 Å². The normalized spacial score (nSPS) is 11.3. The molecule has 3 nitrogen and oxygen atoms in total. The minimum absolute atomic E-state index is 0.182. The predicted octanol–water partition coefficient (Wildman–Crippen LogP) is 3.73. The van der Waals surface area contributed by atoms with Crippen molar-refractivity contribution < 1.29 is 4.79 Å². The van der Waals surface area contributed by atoms with Crippen molar-refractivity contribution in [1.29, 1.82) is 0 Å². The highest BCUT2D eigenvalue weighted by Gasteiger charge is 2.26. The highest BCUT2D eigenvalue weighted by molar-refractivity contribution is 5.77. The Hall–Kier alpha value is -2.13. The van der Waals surface area contributed by atoms with Gasteiger partial charge >= 0.3 is 0 Å². The first-order valence-corrected chi connectivity index (χ1v) is 8.60. The van der Waals surface area contributed by atoms with E-state index in [1.807, 2.05) is 41.3 Å². The summed E-state index contributed by atoms with van der Waals surface area (Å²) >= 11 is 0. The van der Waals surface area contributed by atoms with Crippen molar-refractivity contribution in [2.75, 3.05) is 13.1 Å². The molecule has 2 aromatic carbocycles. The van der Waals surface area contributed by atoms with Crippen LogP contribution < -0.4 is 5.73 Å². The molecule has 0 bridgehead atoms. The van der Waals surface area contributed by atoms with E-state index >= 15 is 0 Å².